The summed E-state index contributed by atoms with van der Waals surface area (Å²) in [6.07, 6.45) is 0.877. The zero-order valence-corrected chi connectivity index (χ0v) is 11.2. The van der Waals surface area contributed by atoms with Crippen LogP contribution in [0.5, 0.6) is 5.75 Å². The third kappa shape index (κ3) is 1.80. The van der Waals surface area contributed by atoms with Gasteiger partial charge in [0.25, 0.3) is 0 Å². The molecule has 0 radical (unpaired) electrons. The maximum atomic E-state index is 5.95. The summed E-state index contributed by atoms with van der Waals surface area (Å²) in [4.78, 5) is 0. The number of methoxy groups -OCH3 is 2. The van der Waals surface area contributed by atoms with Gasteiger partial charge in [0.05, 0.1) is 24.1 Å². The number of fused-ring (bicyclic) bond motifs is 1. The number of hydrogen-bond acceptors (Lipinski definition) is 4. The summed E-state index contributed by atoms with van der Waals surface area (Å²) >= 11 is 0. The summed E-state index contributed by atoms with van der Waals surface area (Å²) in [5.41, 5.74) is 7.92. The first-order chi connectivity index (χ1) is 8.63. The van der Waals surface area contributed by atoms with E-state index in [-0.39, 0.29) is 6.10 Å². The molecule has 0 saturated carbocycles. The normalized spacial score (nSPS) is 12.9. The van der Waals surface area contributed by atoms with Gasteiger partial charge in [-0.05, 0) is 12.5 Å². The van der Waals surface area contributed by atoms with E-state index < -0.39 is 0 Å². The summed E-state index contributed by atoms with van der Waals surface area (Å²) in [5, 5.41) is 5.08. The molecule has 0 aliphatic carbocycles. The average molecular weight is 249 g/mol. The minimum atomic E-state index is 0.00366. The Labute approximate surface area is 106 Å². The van der Waals surface area contributed by atoms with Gasteiger partial charge in [0.15, 0.2) is 5.82 Å². The highest BCUT2D eigenvalue weighted by molar-refractivity contribution is 5.95. The zero-order chi connectivity index (χ0) is 13.3. The molecule has 0 saturated heterocycles. The summed E-state index contributed by atoms with van der Waals surface area (Å²) in [7, 11) is 5.21. The Kier molecular flexibility index (Phi) is 3.43. The van der Waals surface area contributed by atoms with E-state index in [1.165, 1.54) is 0 Å². The lowest BCUT2D eigenvalue weighted by Gasteiger charge is -2.17. The van der Waals surface area contributed by atoms with Crippen LogP contribution in [0, 0.1) is 0 Å². The topological polar surface area (TPSA) is 62.3 Å². The van der Waals surface area contributed by atoms with Crippen LogP contribution in [0.4, 0.5) is 5.82 Å². The van der Waals surface area contributed by atoms with Gasteiger partial charge in [0, 0.05) is 19.7 Å². The molecule has 1 aromatic carbocycles. The van der Waals surface area contributed by atoms with E-state index in [0.717, 1.165) is 28.6 Å². The minimum Gasteiger partial charge on any atom is -0.496 e. The van der Waals surface area contributed by atoms with Crippen molar-refractivity contribution in [3.63, 3.8) is 0 Å². The number of aromatic nitrogens is 2. The Morgan fingerprint density at radius 2 is 2.11 bits per heavy atom. The molecule has 0 spiro atoms. The minimum absolute atomic E-state index is 0.00366. The lowest BCUT2D eigenvalue weighted by molar-refractivity contribution is 0.0978. The van der Waals surface area contributed by atoms with Crippen LogP contribution in [0.1, 0.15) is 25.0 Å². The number of benzene rings is 1. The second kappa shape index (κ2) is 4.86. The second-order valence-corrected chi connectivity index (χ2v) is 4.22. The van der Waals surface area contributed by atoms with Crippen LogP contribution < -0.4 is 10.5 Å². The van der Waals surface area contributed by atoms with Crippen molar-refractivity contribution in [1.82, 2.24) is 9.78 Å². The SMILES string of the molecule is CCC(OC)c1ccc2c(c(N)nn2C)c1OC. The van der Waals surface area contributed by atoms with Gasteiger partial charge in [-0.3, -0.25) is 4.68 Å². The van der Waals surface area contributed by atoms with Gasteiger partial charge in [0.2, 0.25) is 0 Å². The third-order valence-electron chi connectivity index (χ3n) is 3.23. The Hall–Kier alpha value is -1.75. The standard InChI is InChI=1S/C13H19N3O2/c1-5-10(17-3)8-6-7-9-11(12(8)18-4)13(14)15-16(9)2/h6-7,10H,5H2,1-4H3,(H2,14,15). The van der Waals surface area contributed by atoms with Crippen molar-refractivity contribution in [3.05, 3.63) is 17.7 Å². The summed E-state index contributed by atoms with van der Waals surface area (Å²) < 4.78 is 12.8. The molecule has 2 N–H and O–H groups in total. The number of nitrogen functional groups attached to an aromatic ring is 1. The van der Waals surface area contributed by atoms with E-state index in [2.05, 4.69) is 12.0 Å². The Morgan fingerprint density at radius 1 is 1.39 bits per heavy atom. The van der Waals surface area contributed by atoms with E-state index >= 15 is 0 Å². The average Bonchev–Trinajstić information content (AvgIpc) is 2.66. The van der Waals surface area contributed by atoms with Gasteiger partial charge in [-0.25, -0.2) is 0 Å². The fourth-order valence-corrected chi connectivity index (χ4v) is 2.36. The largest absolute Gasteiger partial charge is 0.496 e. The van der Waals surface area contributed by atoms with E-state index in [1.807, 2.05) is 19.2 Å². The molecular formula is C13H19N3O2. The summed E-state index contributed by atoms with van der Waals surface area (Å²) in [6, 6.07) is 4.01. The van der Waals surface area contributed by atoms with Gasteiger partial charge >= 0.3 is 0 Å². The molecule has 2 aromatic rings. The molecule has 1 unspecified atom stereocenters. The fourth-order valence-electron chi connectivity index (χ4n) is 2.36. The maximum Gasteiger partial charge on any atom is 0.157 e. The lowest BCUT2D eigenvalue weighted by Crippen LogP contribution is -2.03. The Bertz CT molecular complexity index is 559. The molecule has 5 nitrogen and oxygen atoms in total. The zero-order valence-electron chi connectivity index (χ0n) is 11.2. The van der Waals surface area contributed by atoms with Crippen LogP contribution in [0.15, 0.2) is 12.1 Å². The van der Waals surface area contributed by atoms with Crippen LogP contribution in [0.25, 0.3) is 10.9 Å². The number of hydrogen-bond donors (Lipinski definition) is 1. The number of aryl methyl sites for hydroxylation is 1. The molecule has 1 aromatic heterocycles. The van der Waals surface area contributed by atoms with Gasteiger partial charge < -0.3 is 15.2 Å². The molecule has 0 aliphatic heterocycles. The molecule has 1 heterocycles. The maximum absolute atomic E-state index is 5.95. The number of anilines is 1. The van der Waals surface area contributed by atoms with E-state index in [0.29, 0.717) is 5.82 Å². The predicted molar refractivity (Wildman–Crippen MR) is 71.7 cm³/mol. The molecular weight excluding hydrogens is 230 g/mol. The van der Waals surface area contributed by atoms with E-state index in [1.54, 1.807) is 18.9 Å². The summed E-state index contributed by atoms with van der Waals surface area (Å²) in [6.45, 7) is 2.07. The molecule has 1 atom stereocenters. The van der Waals surface area contributed by atoms with Crippen LogP contribution in [0.2, 0.25) is 0 Å². The molecule has 5 heteroatoms. The van der Waals surface area contributed by atoms with Crippen molar-refractivity contribution in [1.29, 1.82) is 0 Å². The number of nitrogens with two attached hydrogens (primary N) is 1. The molecule has 0 fully saturated rings. The first-order valence-corrected chi connectivity index (χ1v) is 5.95. The predicted octanol–water partition coefficient (Wildman–Crippen LogP) is 2.26. The molecule has 18 heavy (non-hydrogen) atoms. The monoisotopic (exact) mass is 249 g/mol. The Morgan fingerprint density at radius 3 is 2.67 bits per heavy atom. The highest BCUT2D eigenvalue weighted by atomic mass is 16.5. The van der Waals surface area contributed by atoms with Crippen molar-refractivity contribution in [2.24, 2.45) is 7.05 Å². The van der Waals surface area contributed by atoms with Gasteiger partial charge in [-0.1, -0.05) is 13.0 Å². The van der Waals surface area contributed by atoms with Crippen molar-refractivity contribution < 1.29 is 9.47 Å². The highest BCUT2D eigenvalue weighted by Gasteiger charge is 2.20. The fraction of sp³-hybridized carbons (Fsp3) is 0.462. The lowest BCUT2D eigenvalue weighted by atomic mass is 10.0. The molecule has 98 valence electrons. The van der Waals surface area contributed by atoms with Crippen molar-refractivity contribution in [2.45, 2.75) is 19.4 Å². The Balaban J connectivity index is 2.73. The summed E-state index contributed by atoms with van der Waals surface area (Å²) in [5.74, 6) is 1.24. The first-order valence-electron chi connectivity index (χ1n) is 5.95. The van der Waals surface area contributed by atoms with E-state index in [9.17, 15) is 0 Å². The van der Waals surface area contributed by atoms with Gasteiger partial charge in [-0.2, -0.15) is 5.10 Å². The second-order valence-electron chi connectivity index (χ2n) is 4.22. The van der Waals surface area contributed by atoms with Crippen molar-refractivity contribution in [3.8, 4) is 5.75 Å². The van der Waals surface area contributed by atoms with Gasteiger partial charge in [0.1, 0.15) is 5.75 Å². The number of nitrogens with zero attached hydrogens (tertiary/aromatic N) is 2. The van der Waals surface area contributed by atoms with Crippen LogP contribution in [-0.4, -0.2) is 24.0 Å². The van der Waals surface area contributed by atoms with Crippen LogP contribution in [0.3, 0.4) is 0 Å². The molecule has 0 bridgehead atoms. The van der Waals surface area contributed by atoms with Crippen LogP contribution in [-0.2, 0) is 11.8 Å². The van der Waals surface area contributed by atoms with Crippen molar-refractivity contribution >= 4 is 16.7 Å². The number of ether oxygens (including phenoxy) is 2. The van der Waals surface area contributed by atoms with Crippen LogP contribution >= 0.6 is 0 Å². The van der Waals surface area contributed by atoms with Crippen molar-refractivity contribution in [2.75, 3.05) is 20.0 Å². The molecule has 0 amide bonds. The van der Waals surface area contributed by atoms with Gasteiger partial charge in [-0.15, -0.1) is 0 Å². The third-order valence-corrected chi connectivity index (χ3v) is 3.23. The molecule has 2 rings (SSSR count). The highest BCUT2D eigenvalue weighted by Crippen LogP contribution is 2.38. The van der Waals surface area contributed by atoms with E-state index in [4.69, 9.17) is 15.2 Å². The smallest absolute Gasteiger partial charge is 0.157 e. The number of rotatable bonds is 4. The quantitative estimate of drug-likeness (QED) is 0.902. The first kappa shape index (κ1) is 12.7. The molecule has 0 aliphatic rings.